The van der Waals surface area contributed by atoms with Gasteiger partial charge in [0.15, 0.2) is 0 Å². The van der Waals surface area contributed by atoms with Crippen molar-refractivity contribution in [1.29, 1.82) is 0 Å². The number of ketones is 1. The highest BCUT2D eigenvalue weighted by molar-refractivity contribution is 7.96. The molecule has 0 aliphatic heterocycles. The minimum Gasteiger partial charge on any atom is -1.00 e. The van der Waals surface area contributed by atoms with Crippen LogP contribution >= 0.6 is 7.26 Å². The Balaban J connectivity index is 0.00000336. The normalized spacial score (nSPS) is 10.7. The average Bonchev–Trinajstić information content (AvgIpc) is 2.98. The van der Waals surface area contributed by atoms with Crippen molar-refractivity contribution in [2.24, 2.45) is 0 Å². The number of ether oxygens (including phenoxy) is 1. The second-order valence-corrected chi connectivity index (χ2v) is 12.1. The van der Waals surface area contributed by atoms with E-state index in [-0.39, 0.29) is 34.7 Å². The van der Waals surface area contributed by atoms with Crippen LogP contribution in [0, 0.1) is 0 Å². The number of carbonyl (C=O) groups is 2. The molecule has 188 valence electrons. The van der Waals surface area contributed by atoms with Crippen molar-refractivity contribution in [2.45, 2.75) is 0 Å². The lowest BCUT2D eigenvalue weighted by Gasteiger charge is -2.27. The summed E-state index contributed by atoms with van der Waals surface area (Å²) in [5.41, 5.74) is 0.836. The summed E-state index contributed by atoms with van der Waals surface area (Å²) >= 11 is 0. The van der Waals surface area contributed by atoms with Crippen LogP contribution < -0.4 is 37.6 Å². The molecule has 0 saturated heterocycles. The van der Waals surface area contributed by atoms with Crippen molar-refractivity contribution in [2.75, 3.05) is 6.16 Å². The molecule has 38 heavy (non-hydrogen) atoms. The van der Waals surface area contributed by atoms with Crippen molar-refractivity contribution in [1.82, 2.24) is 0 Å². The van der Waals surface area contributed by atoms with Gasteiger partial charge < -0.3 is 21.7 Å². The van der Waals surface area contributed by atoms with E-state index in [1.165, 1.54) is 0 Å². The number of hydrogen-bond acceptors (Lipinski definition) is 3. The lowest BCUT2D eigenvalue weighted by atomic mass is 10.1. The van der Waals surface area contributed by atoms with Crippen LogP contribution in [0.4, 0.5) is 0 Å². The number of esters is 1. The van der Waals surface area contributed by atoms with E-state index >= 15 is 0 Å². The lowest BCUT2D eigenvalue weighted by molar-refractivity contribution is -0.0000283. The summed E-state index contributed by atoms with van der Waals surface area (Å²) in [6.45, 7) is 0. The molecule has 0 aliphatic rings. The molecule has 5 aromatic carbocycles. The van der Waals surface area contributed by atoms with Gasteiger partial charge in [-0.25, -0.2) is 4.79 Å². The fraction of sp³-hybridized carbons (Fsp3) is 0.0303. The fourth-order valence-corrected chi connectivity index (χ4v) is 8.67. The Bertz CT molecular complexity index is 1390. The van der Waals surface area contributed by atoms with Gasteiger partial charge in [-0.15, -0.1) is 0 Å². The predicted molar refractivity (Wildman–Crippen MR) is 152 cm³/mol. The number of halogens is 1. The standard InChI is InChI=1S/C33H26O3P.BrH/c34-31(30-23-13-14-24-32(30)36-33(35)26-15-5-1-6-16-26)25-37(27-17-7-2-8-18-27,28-19-9-3-10-20-28)29-21-11-4-12-22-29;/h1-24H,25H2;1H/q+1;/p-1. The maximum atomic E-state index is 14.2. The third kappa shape index (κ3) is 5.67. The monoisotopic (exact) mass is 580 g/mol. The lowest BCUT2D eigenvalue weighted by Crippen LogP contribution is -3.00. The van der Waals surface area contributed by atoms with Crippen molar-refractivity contribution in [3.8, 4) is 5.75 Å². The van der Waals surface area contributed by atoms with Gasteiger partial charge in [0.05, 0.1) is 11.1 Å². The molecule has 0 amide bonds. The number of rotatable bonds is 8. The van der Waals surface area contributed by atoms with E-state index in [0.29, 0.717) is 11.1 Å². The molecule has 5 aromatic rings. The van der Waals surface area contributed by atoms with Crippen LogP contribution in [0.1, 0.15) is 20.7 Å². The smallest absolute Gasteiger partial charge is 0.343 e. The van der Waals surface area contributed by atoms with Crippen LogP contribution in [0.25, 0.3) is 0 Å². The van der Waals surface area contributed by atoms with E-state index in [0.717, 1.165) is 15.9 Å². The van der Waals surface area contributed by atoms with E-state index in [2.05, 4.69) is 36.4 Å². The van der Waals surface area contributed by atoms with Gasteiger partial charge in [0.2, 0.25) is 5.78 Å². The Kier molecular flexibility index (Phi) is 9.02. The zero-order valence-electron chi connectivity index (χ0n) is 20.6. The predicted octanol–water partition coefficient (Wildman–Crippen LogP) is 3.09. The number of benzene rings is 5. The first kappa shape index (κ1) is 27.2. The molecule has 0 heterocycles. The zero-order chi connectivity index (χ0) is 25.5. The summed E-state index contributed by atoms with van der Waals surface area (Å²) in [5, 5.41) is 3.37. The molecule has 0 radical (unpaired) electrons. The first-order valence-electron chi connectivity index (χ1n) is 12.1. The average molecular weight is 581 g/mol. The molecule has 5 heteroatoms. The topological polar surface area (TPSA) is 43.4 Å². The molecule has 0 spiro atoms. The van der Waals surface area contributed by atoms with Crippen molar-refractivity contribution >= 4 is 34.9 Å². The van der Waals surface area contributed by atoms with Gasteiger partial charge >= 0.3 is 5.97 Å². The van der Waals surface area contributed by atoms with E-state index in [9.17, 15) is 9.59 Å². The molecule has 0 saturated carbocycles. The molecule has 3 nitrogen and oxygen atoms in total. The van der Waals surface area contributed by atoms with Crippen LogP contribution in [0.3, 0.4) is 0 Å². The Labute approximate surface area is 234 Å². The molecule has 5 rings (SSSR count). The molecule has 0 aliphatic carbocycles. The molecular formula is C33H26BrO3P. The number of para-hydroxylation sites is 1. The first-order chi connectivity index (χ1) is 18.2. The van der Waals surface area contributed by atoms with Gasteiger partial charge in [-0.05, 0) is 60.7 Å². The highest BCUT2D eigenvalue weighted by Crippen LogP contribution is 2.55. The number of Topliss-reactive ketones (excluding diaryl/α,β-unsaturated/α-hetero) is 1. The third-order valence-electron chi connectivity index (χ3n) is 6.37. The van der Waals surface area contributed by atoms with Crippen molar-refractivity contribution < 1.29 is 31.3 Å². The molecular weight excluding hydrogens is 555 g/mol. The van der Waals surface area contributed by atoms with Crippen LogP contribution in [-0.4, -0.2) is 17.9 Å². The Hall–Kier alpha value is -3.85. The molecule has 0 bridgehead atoms. The SMILES string of the molecule is O=C(Oc1ccccc1C(=O)C[P+](c1ccccc1)(c1ccccc1)c1ccccc1)c1ccccc1.[Br-]. The maximum Gasteiger partial charge on any atom is 0.343 e. The minimum atomic E-state index is -2.38. The largest absolute Gasteiger partial charge is 1.00 e. The second kappa shape index (κ2) is 12.6. The highest BCUT2D eigenvalue weighted by atomic mass is 79.9. The quantitative estimate of drug-likeness (QED) is 0.123. The summed E-state index contributed by atoms with van der Waals surface area (Å²) in [4.78, 5) is 27.0. The summed E-state index contributed by atoms with van der Waals surface area (Å²) in [7, 11) is -2.38. The van der Waals surface area contributed by atoms with E-state index < -0.39 is 13.2 Å². The van der Waals surface area contributed by atoms with Crippen LogP contribution in [0.5, 0.6) is 5.75 Å². The maximum absolute atomic E-state index is 14.2. The zero-order valence-corrected chi connectivity index (χ0v) is 23.1. The number of carbonyl (C=O) groups excluding carboxylic acids is 2. The Morgan fingerprint density at radius 2 is 0.921 bits per heavy atom. The second-order valence-electron chi connectivity index (χ2n) is 8.65. The highest BCUT2D eigenvalue weighted by Gasteiger charge is 2.47. The Morgan fingerprint density at radius 1 is 0.526 bits per heavy atom. The van der Waals surface area contributed by atoms with Crippen LogP contribution in [0.2, 0.25) is 0 Å². The summed E-state index contributed by atoms with van der Waals surface area (Å²) in [5.74, 6) is -0.286. The molecule has 0 N–H and O–H groups in total. The first-order valence-corrected chi connectivity index (χ1v) is 14.1. The summed E-state index contributed by atoms with van der Waals surface area (Å²) in [6, 6.07) is 46.6. The third-order valence-corrected chi connectivity index (χ3v) is 10.7. The van der Waals surface area contributed by atoms with Gasteiger partial charge in [-0.1, -0.05) is 84.9 Å². The molecule has 0 fully saturated rings. The van der Waals surface area contributed by atoms with E-state index in [1.807, 2.05) is 60.7 Å². The summed E-state index contributed by atoms with van der Waals surface area (Å²) < 4.78 is 5.74. The van der Waals surface area contributed by atoms with Gasteiger partial charge in [0.1, 0.15) is 35.1 Å². The summed E-state index contributed by atoms with van der Waals surface area (Å²) in [6.07, 6.45) is 0.269. The van der Waals surface area contributed by atoms with Crippen molar-refractivity contribution in [3.05, 3.63) is 157 Å². The molecule has 0 atom stereocenters. The van der Waals surface area contributed by atoms with E-state index in [1.54, 1.807) is 48.5 Å². The molecule has 0 aromatic heterocycles. The van der Waals surface area contributed by atoms with Crippen LogP contribution in [-0.2, 0) is 0 Å². The number of hydrogen-bond donors (Lipinski definition) is 0. The van der Waals surface area contributed by atoms with Crippen LogP contribution in [0.15, 0.2) is 146 Å². The van der Waals surface area contributed by atoms with Gasteiger partial charge in [-0.3, -0.25) is 4.79 Å². The van der Waals surface area contributed by atoms with E-state index in [4.69, 9.17) is 4.74 Å². The fourth-order valence-electron chi connectivity index (χ4n) is 4.59. The van der Waals surface area contributed by atoms with Gasteiger partial charge in [-0.2, -0.15) is 0 Å². The van der Waals surface area contributed by atoms with Crippen molar-refractivity contribution in [3.63, 3.8) is 0 Å². The minimum absolute atomic E-state index is 0. The molecule has 0 unspecified atom stereocenters. The Morgan fingerprint density at radius 3 is 1.39 bits per heavy atom. The van der Waals surface area contributed by atoms with Gasteiger partial charge in [0.25, 0.3) is 0 Å². The van der Waals surface area contributed by atoms with Gasteiger partial charge in [0, 0.05) is 0 Å².